The normalized spacial score (nSPS) is 14.7. The van der Waals surface area contributed by atoms with Gasteiger partial charge in [-0.05, 0) is 18.8 Å². The smallest absolute Gasteiger partial charge is 0.303 e. The maximum Gasteiger partial charge on any atom is 0.469 e. The van der Waals surface area contributed by atoms with E-state index >= 15 is 0 Å². The molecule has 0 amide bonds. The van der Waals surface area contributed by atoms with E-state index in [0.29, 0.717) is 12.8 Å². The highest BCUT2D eigenvalue weighted by molar-refractivity contribution is 7.46. The van der Waals surface area contributed by atoms with Gasteiger partial charge in [-0.15, -0.1) is 0 Å². The Morgan fingerprint density at radius 1 is 1.58 bits per heavy atom. The first-order valence-electron chi connectivity index (χ1n) is 3.71. The number of phosphoric ester groups is 1. The third-order valence-corrected chi connectivity index (χ3v) is 1.88. The van der Waals surface area contributed by atoms with E-state index in [1.807, 2.05) is 0 Å². The molecule has 6 heteroatoms. The van der Waals surface area contributed by atoms with Gasteiger partial charge in [0, 0.05) is 0 Å². The molecule has 0 saturated heterocycles. The third-order valence-electron chi connectivity index (χ3n) is 1.36. The van der Waals surface area contributed by atoms with E-state index in [0.717, 1.165) is 0 Å². The highest BCUT2D eigenvalue weighted by Gasteiger charge is 2.12. The molecule has 2 N–H and O–H groups in total. The van der Waals surface area contributed by atoms with Gasteiger partial charge >= 0.3 is 7.82 Å². The van der Waals surface area contributed by atoms with Gasteiger partial charge in [0.25, 0.3) is 0 Å². The molecule has 0 aromatic rings. The van der Waals surface area contributed by atoms with Crippen LogP contribution in [0.4, 0.5) is 4.39 Å². The summed E-state index contributed by atoms with van der Waals surface area (Å²) in [6.07, 6.45) is 1.05. The summed E-state index contributed by atoms with van der Waals surface area (Å²) in [5.74, 6) is -0.0645. The van der Waals surface area contributed by atoms with Crippen molar-refractivity contribution in [1.29, 1.82) is 0 Å². The van der Waals surface area contributed by atoms with Crippen molar-refractivity contribution >= 4 is 7.82 Å². The number of hydrogen-bond acceptors (Lipinski definition) is 2. The summed E-state index contributed by atoms with van der Waals surface area (Å²) in [4.78, 5) is 16.5. The molecule has 4 nitrogen and oxygen atoms in total. The van der Waals surface area contributed by atoms with Crippen LogP contribution < -0.4 is 0 Å². The zero-order chi connectivity index (χ0) is 9.61. The summed E-state index contributed by atoms with van der Waals surface area (Å²) >= 11 is 0. The standard InChI is InChI=1S/C6H14FO4P/c1-6(5-7)3-2-4-11-12(8,9)10/h6H,2-5H2,1H3,(H2,8,9,10). The van der Waals surface area contributed by atoms with Crippen LogP contribution in [0.5, 0.6) is 0 Å². The summed E-state index contributed by atoms with van der Waals surface area (Å²) in [5.41, 5.74) is 0. The molecule has 1 unspecified atom stereocenters. The lowest BCUT2D eigenvalue weighted by atomic mass is 10.1. The average molecular weight is 200 g/mol. The molecule has 0 fully saturated rings. The van der Waals surface area contributed by atoms with Gasteiger partial charge in [0.1, 0.15) is 0 Å². The van der Waals surface area contributed by atoms with Gasteiger partial charge in [-0.3, -0.25) is 8.91 Å². The fraction of sp³-hybridized carbons (Fsp3) is 1.00. The van der Waals surface area contributed by atoms with Crippen LogP contribution in [0.1, 0.15) is 19.8 Å². The van der Waals surface area contributed by atoms with E-state index in [4.69, 9.17) is 9.79 Å². The zero-order valence-electron chi connectivity index (χ0n) is 6.94. The zero-order valence-corrected chi connectivity index (χ0v) is 7.84. The second-order valence-electron chi connectivity index (χ2n) is 2.73. The van der Waals surface area contributed by atoms with Gasteiger partial charge in [0.05, 0.1) is 13.3 Å². The van der Waals surface area contributed by atoms with Crippen molar-refractivity contribution in [3.05, 3.63) is 0 Å². The highest BCUT2D eigenvalue weighted by Crippen LogP contribution is 2.35. The molecule has 0 aromatic carbocycles. The summed E-state index contributed by atoms with van der Waals surface area (Å²) in [6, 6.07) is 0. The summed E-state index contributed by atoms with van der Waals surface area (Å²) < 4.78 is 26.2. The second kappa shape index (κ2) is 5.65. The van der Waals surface area contributed by atoms with E-state index in [1.54, 1.807) is 6.92 Å². The van der Waals surface area contributed by atoms with Crippen molar-refractivity contribution in [2.75, 3.05) is 13.3 Å². The molecule has 12 heavy (non-hydrogen) atoms. The Labute approximate surface area is 71.0 Å². The molecule has 74 valence electrons. The number of rotatable bonds is 6. The molecule has 0 aliphatic rings. The molecule has 0 rings (SSSR count). The highest BCUT2D eigenvalue weighted by atomic mass is 31.2. The first-order chi connectivity index (χ1) is 5.45. The van der Waals surface area contributed by atoms with Gasteiger partial charge in [0.15, 0.2) is 0 Å². The fourth-order valence-corrected chi connectivity index (χ4v) is 1.06. The van der Waals surface area contributed by atoms with E-state index in [1.165, 1.54) is 0 Å². The Kier molecular flexibility index (Phi) is 5.66. The number of alkyl halides is 1. The Hall–Kier alpha value is 0.0400. The lowest BCUT2D eigenvalue weighted by Crippen LogP contribution is -2.00. The molecule has 0 aliphatic carbocycles. The third kappa shape index (κ3) is 8.14. The summed E-state index contributed by atoms with van der Waals surface area (Å²) in [7, 11) is -4.33. The predicted octanol–water partition coefficient (Wildman–Crippen LogP) is 1.48. The summed E-state index contributed by atoms with van der Waals surface area (Å²) in [5, 5.41) is 0. The molecule has 0 aromatic heterocycles. The van der Waals surface area contributed by atoms with Crippen LogP contribution in [0.25, 0.3) is 0 Å². The lowest BCUT2D eigenvalue weighted by Gasteiger charge is -2.07. The fourth-order valence-electron chi connectivity index (χ4n) is 0.692. The molecule has 0 spiro atoms. The Morgan fingerprint density at radius 2 is 2.17 bits per heavy atom. The van der Waals surface area contributed by atoms with Crippen molar-refractivity contribution in [1.82, 2.24) is 0 Å². The van der Waals surface area contributed by atoms with Crippen LogP contribution in [0.3, 0.4) is 0 Å². The molecule has 0 bridgehead atoms. The largest absolute Gasteiger partial charge is 0.469 e. The number of halogens is 1. The van der Waals surface area contributed by atoms with Crippen LogP contribution in [-0.4, -0.2) is 23.1 Å². The molecular formula is C6H14FO4P. The minimum absolute atomic E-state index is 0.0192. The average Bonchev–Trinajstić information content (AvgIpc) is 1.96. The maximum atomic E-state index is 11.9. The molecule has 0 saturated carbocycles. The lowest BCUT2D eigenvalue weighted by molar-refractivity contribution is 0.189. The van der Waals surface area contributed by atoms with Crippen LogP contribution in [-0.2, 0) is 9.09 Å². The minimum atomic E-state index is -4.33. The maximum absolute atomic E-state index is 11.9. The number of hydrogen-bond donors (Lipinski definition) is 2. The Balaban J connectivity index is 3.28. The van der Waals surface area contributed by atoms with Gasteiger partial charge in [-0.25, -0.2) is 4.57 Å². The predicted molar refractivity (Wildman–Crippen MR) is 42.4 cm³/mol. The first kappa shape index (κ1) is 12.0. The van der Waals surface area contributed by atoms with Crippen molar-refractivity contribution in [3.63, 3.8) is 0 Å². The SMILES string of the molecule is CC(CF)CCCOP(=O)(O)O. The summed E-state index contributed by atoms with van der Waals surface area (Å²) in [6.45, 7) is 1.31. The van der Waals surface area contributed by atoms with Crippen molar-refractivity contribution < 1.29 is 23.3 Å². The van der Waals surface area contributed by atoms with Crippen LogP contribution in [0.2, 0.25) is 0 Å². The van der Waals surface area contributed by atoms with Crippen LogP contribution in [0, 0.1) is 5.92 Å². The number of phosphoric acid groups is 1. The van der Waals surface area contributed by atoms with Gasteiger partial charge in [0.2, 0.25) is 0 Å². The van der Waals surface area contributed by atoms with E-state index in [2.05, 4.69) is 4.52 Å². The Bertz CT molecular complexity index is 158. The second-order valence-corrected chi connectivity index (χ2v) is 3.96. The quantitative estimate of drug-likeness (QED) is 0.503. The van der Waals surface area contributed by atoms with Gasteiger partial charge in [-0.2, -0.15) is 0 Å². The first-order valence-corrected chi connectivity index (χ1v) is 5.25. The van der Waals surface area contributed by atoms with Crippen molar-refractivity contribution in [2.24, 2.45) is 5.92 Å². The van der Waals surface area contributed by atoms with Crippen molar-refractivity contribution in [2.45, 2.75) is 19.8 Å². The topological polar surface area (TPSA) is 66.8 Å². The molecule has 0 radical (unpaired) electrons. The van der Waals surface area contributed by atoms with Gasteiger partial charge in [-0.1, -0.05) is 6.92 Å². The molecule has 0 heterocycles. The molecular weight excluding hydrogens is 186 g/mol. The minimum Gasteiger partial charge on any atom is -0.303 e. The van der Waals surface area contributed by atoms with E-state index in [-0.39, 0.29) is 12.5 Å². The van der Waals surface area contributed by atoms with Crippen molar-refractivity contribution in [3.8, 4) is 0 Å². The van der Waals surface area contributed by atoms with Gasteiger partial charge < -0.3 is 9.79 Å². The molecule has 1 atom stereocenters. The van der Waals surface area contributed by atoms with Crippen LogP contribution >= 0.6 is 7.82 Å². The molecule has 0 aliphatic heterocycles. The van der Waals surface area contributed by atoms with E-state index in [9.17, 15) is 8.96 Å². The van der Waals surface area contributed by atoms with E-state index < -0.39 is 14.5 Å². The monoisotopic (exact) mass is 200 g/mol. The van der Waals surface area contributed by atoms with Crippen LogP contribution in [0.15, 0.2) is 0 Å². The Morgan fingerprint density at radius 3 is 2.58 bits per heavy atom.